The minimum absolute atomic E-state index is 0.00590. The Bertz CT molecular complexity index is 661. The molecular weight excluding hydrogens is 384 g/mol. The standard InChI is InChI=1S/C24H36O6/c1-16(2)8-7-9-18(26)12-13-20-21-14-19(10-5-6-11-24(27)28-4)30-23(21)15-22(20)29-17(3)25/h8,12-13,19-23H,5-7,9-11,14-15H2,1-4H3/t19-,20+,21+,22+,23-/m0/s1. The summed E-state index contributed by atoms with van der Waals surface area (Å²) in [6.07, 6.45) is 11.5. The van der Waals surface area contributed by atoms with Gasteiger partial charge in [-0.05, 0) is 51.5 Å². The van der Waals surface area contributed by atoms with Crippen molar-refractivity contribution in [3.05, 3.63) is 23.8 Å². The van der Waals surface area contributed by atoms with E-state index in [1.54, 1.807) is 6.08 Å². The smallest absolute Gasteiger partial charge is 0.305 e. The quantitative estimate of drug-likeness (QED) is 0.214. The van der Waals surface area contributed by atoms with E-state index in [2.05, 4.69) is 10.8 Å². The second-order valence-electron chi connectivity index (χ2n) is 8.62. The molecule has 168 valence electrons. The van der Waals surface area contributed by atoms with Gasteiger partial charge in [-0.1, -0.05) is 24.1 Å². The Kier molecular flexibility index (Phi) is 9.76. The second-order valence-corrected chi connectivity index (χ2v) is 8.62. The molecule has 0 aromatic carbocycles. The number of allylic oxidation sites excluding steroid dienone is 3. The molecule has 2 fully saturated rings. The van der Waals surface area contributed by atoms with Crippen molar-refractivity contribution in [2.24, 2.45) is 11.8 Å². The van der Waals surface area contributed by atoms with Crippen LogP contribution in [0.4, 0.5) is 0 Å². The Morgan fingerprint density at radius 2 is 1.83 bits per heavy atom. The molecule has 2 rings (SSSR count). The van der Waals surface area contributed by atoms with Crippen molar-refractivity contribution in [3.8, 4) is 0 Å². The van der Waals surface area contributed by atoms with E-state index in [0.29, 0.717) is 19.3 Å². The summed E-state index contributed by atoms with van der Waals surface area (Å²) in [6, 6.07) is 0. The van der Waals surface area contributed by atoms with Gasteiger partial charge in [-0.25, -0.2) is 0 Å². The Labute approximate surface area is 180 Å². The zero-order chi connectivity index (χ0) is 22.1. The van der Waals surface area contributed by atoms with Crippen LogP contribution in [0, 0.1) is 11.8 Å². The Balaban J connectivity index is 1.90. The molecule has 0 spiro atoms. The van der Waals surface area contributed by atoms with Crippen LogP contribution in [0.1, 0.15) is 72.1 Å². The number of hydrogen-bond donors (Lipinski definition) is 0. The number of esters is 2. The van der Waals surface area contributed by atoms with Gasteiger partial charge in [0.25, 0.3) is 0 Å². The molecule has 0 aromatic heterocycles. The summed E-state index contributed by atoms with van der Waals surface area (Å²) in [7, 11) is 1.41. The number of fused-ring (bicyclic) bond motifs is 1. The van der Waals surface area contributed by atoms with E-state index in [1.807, 2.05) is 19.9 Å². The average Bonchev–Trinajstić information content (AvgIpc) is 3.19. The van der Waals surface area contributed by atoms with Crippen LogP contribution in [0.2, 0.25) is 0 Å². The van der Waals surface area contributed by atoms with Crippen LogP contribution in [0.5, 0.6) is 0 Å². The zero-order valence-corrected chi connectivity index (χ0v) is 18.7. The molecule has 0 unspecified atom stereocenters. The maximum Gasteiger partial charge on any atom is 0.305 e. The minimum Gasteiger partial charge on any atom is -0.469 e. The number of ether oxygens (including phenoxy) is 3. The highest BCUT2D eigenvalue weighted by Gasteiger charge is 2.49. The fourth-order valence-corrected chi connectivity index (χ4v) is 4.50. The molecule has 1 saturated carbocycles. The number of carbonyl (C=O) groups excluding carboxylic acids is 3. The predicted octanol–water partition coefficient (Wildman–Crippen LogP) is 4.32. The van der Waals surface area contributed by atoms with Crippen molar-refractivity contribution in [2.45, 2.75) is 90.4 Å². The number of carbonyl (C=O) groups is 3. The molecule has 0 bridgehead atoms. The maximum atomic E-state index is 12.2. The van der Waals surface area contributed by atoms with E-state index in [9.17, 15) is 14.4 Å². The molecule has 6 heteroatoms. The van der Waals surface area contributed by atoms with Crippen molar-refractivity contribution in [1.29, 1.82) is 0 Å². The fourth-order valence-electron chi connectivity index (χ4n) is 4.50. The summed E-state index contributed by atoms with van der Waals surface area (Å²) in [5.41, 5.74) is 1.21. The van der Waals surface area contributed by atoms with Gasteiger partial charge in [0.1, 0.15) is 6.10 Å². The fraction of sp³-hybridized carbons (Fsp3) is 0.708. The molecule has 2 aliphatic rings. The van der Waals surface area contributed by atoms with E-state index in [0.717, 1.165) is 32.1 Å². The lowest BCUT2D eigenvalue weighted by atomic mass is 9.89. The van der Waals surface area contributed by atoms with Gasteiger partial charge in [-0.2, -0.15) is 0 Å². The van der Waals surface area contributed by atoms with Gasteiger partial charge in [-0.15, -0.1) is 0 Å². The van der Waals surface area contributed by atoms with Crippen LogP contribution >= 0.6 is 0 Å². The third kappa shape index (κ3) is 7.71. The lowest BCUT2D eigenvalue weighted by molar-refractivity contribution is -0.148. The Morgan fingerprint density at radius 1 is 1.07 bits per heavy atom. The van der Waals surface area contributed by atoms with Crippen molar-refractivity contribution >= 4 is 17.7 Å². The molecule has 0 amide bonds. The highest BCUT2D eigenvalue weighted by molar-refractivity contribution is 5.89. The first kappa shape index (κ1) is 24.3. The summed E-state index contributed by atoms with van der Waals surface area (Å²) in [5.74, 6) is -0.125. The molecule has 1 aliphatic heterocycles. The lowest BCUT2D eigenvalue weighted by Crippen LogP contribution is -2.24. The summed E-state index contributed by atoms with van der Waals surface area (Å²) >= 11 is 0. The first-order valence-electron chi connectivity index (χ1n) is 11.0. The summed E-state index contributed by atoms with van der Waals surface area (Å²) in [5, 5.41) is 0. The minimum atomic E-state index is -0.299. The van der Waals surface area contributed by atoms with Crippen LogP contribution in [0.25, 0.3) is 0 Å². The van der Waals surface area contributed by atoms with E-state index in [1.165, 1.54) is 19.6 Å². The van der Waals surface area contributed by atoms with Crippen LogP contribution in [-0.2, 0) is 28.6 Å². The molecule has 1 saturated heterocycles. The van der Waals surface area contributed by atoms with Crippen LogP contribution in [0.15, 0.2) is 23.8 Å². The van der Waals surface area contributed by atoms with E-state index >= 15 is 0 Å². The predicted molar refractivity (Wildman–Crippen MR) is 114 cm³/mol. The first-order chi connectivity index (χ1) is 14.3. The molecular formula is C24H36O6. The number of methoxy groups -OCH3 is 1. The summed E-state index contributed by atoms with van der Waals surface area (Å²) in [6.45, 7) is 5.47. The van der Waals surface area contributed by atoms with E-state index in [-0.39, 0.29) is 47.9 Å². The lowest BCUT2D eigenvalue weighted by Gasteiger charge is -2.21. The van der Waals surface area contributed by atoms with Crippen LogP contribution in [0.3, 0.4) is 0 Å². The van der Waals surface area contributed by atoms with Crippen molar-refractivity contribution in [2.75, 3.05) is 7.11 Å². The SMILES string of the molecule is COC(=O)CCCC[C@H]1C[C@@H]2[C@@H](C=CC(=O)CCC=C(C)C)[C@H](OC(C)=O)C[C@@H]2O1. The van der Waals surface area contributed by atoms with Crippen molar-refractivity contribution in [3.63, 3.8) is 0 Å². The number of hydrogen-bond acceptors (Lipinski definition) is 6. The molecule has 6 nitrogen and oxygen atoms in total. The Hall–Kier alpha value is -1.95. The number of rotatable bonds is 11. The van der Waals surface area contributed by atoms with Gasteiger partial charge < -0.3 is 14.2 Å². The van der Waals surface area contributed by atoms with Gasteiger partial charge in [0.2, 0.25) is 0 Å². The summed E-state index contributed by atoms with van der Waals surface area (Å²) in [4.78, 5) is 35.0. The highest BCUT2D eigenvalue weighted by Crippen LogP contribution is 2.46. The van der Waals surface area contributed by atoms with E-state index in [4.69, 9.17) is 9.47 Å². The van der Waals surface area contributed by atoms with Crippen LogP contribution < -0.4 is 0 Å². The number of ketones is 1. The monoisotopic (exact) mass is 420 g/mol. The molecule has 0 radical (unpaired) electrons. The average molecular weight is 421 g/mol. The van der Waals surface area contributed by atoms with Crippen molar-refractivity contribution in [1.82, 2.24) is 0 Å². The molecule has 1 aliphatic carbocycles. The van der Waals surface area contributed by atoms with Gasteiger partial charge in [0.05, 0.1) is 19.3 Å². The molecule has 0 N–H and O–H groups in total. The third-order valence-electron chi connectivity index (χ3n) is 5.92. The summed E-state index contributed by atoms with van der Waals surface area (Å²) < 4.78 is 16.4. The largest absolute Gasteiger partial charge is 0.469 e. The molecule has 5 atom stereocenters. The van der Waals surface area contributed by atoms with Gasteiger partial charge >= 0.3 is 11.9 Å². The van der Waals surface area contributed by atoms with Gasteiger partial charge in [0.15, 0.2) is 5.78 Å². The number of unbranched alkanes of at least 4 members (excludes halogenated alkanes) is 1. The third-order valence-corrected chi connectivity index (χ3v) is 5.92. The first-order valence-corrected chi connectivity index (χ1v) is 11.0. The highest BCUT2D eigenvalue weighted by atomic mass is 16.6. The van der Waals surface area contributed by atoms with Gasteiger partial charge in [-0.3, -0.25) is 14.4 Å². The van der Waals surface area contributed by atoms with Gasteiger partial charge in [0, 0.05) is 32.1 Å². The topological polar surface area (TPSA) is 78.9 Å². The van der Waals surface area contributed by atoms with Crippen LogP contribution in [-0.4, -0.2) is 43.1 Å². The molecule has 1 heterocycles. The normalized spacial score (nSPS) is 27.7. The van der Waals surface area contributed by atoms with Crippen molar-refractivity contribution < 1.29 is 28.6 Å². The van der Waals surface area contributed by atoms with E-state index < -0.39 is 0 Å². The molecule has 0 aromatic rings. The molecule has 30 heavy (non-hydrogen) atoms. The zero-order valence-electron chi connectivity index (χ0n) is 18.7. The Morgan fingerprint density at radius 3 is 2.50 bits per heavy atom. The maximum absolute atomic E-state index is 12.2. The second kappa shape index (κ2) is 12.0.